The standard InChI is InChI=1S/C19H23ClN2O4S/c1-15-8-10-16(11-9-15)27(24,25)22-13-12-21-19(23)7-4-14-26-18-6-3-2-5-17(18)20/h2-3,5-6,8-11,22H,4,7,12-14H2,1H3,(H,21,23). The highest BCUT2D eigenvalue weighted by molar-refractivity contribution is 7.89. The summed E-state index contributed by atoms with van der Waals surface area (Å²) in [6.07, 6.45) is 0.821. The third-order valence-electron chi connectivity index (χ3n) is 3.71. The van der Waals surface area contributed by atoms with Crippen LogP contribution in [0.15, 0.2) is 53.4 Å². The molecular formula is C19H23ClN2O4S. The van der Waals surface area contributed by atoms with Gasteiger partial charge in [0.25, 0.3) is 0 Å². The summed E-state index contributed by atoms with van der Waals surface area (Å²) in [6.45, 7) is 2.60. The fourth-order valence-corrected chi connectivity index (χ4v) is 3.48. The fraction of sp³-hybridized carbons (Fsp3) is 0.316. The molecule has 0 aliphatic rings. The predicted molar refractivity (Wildman–Crippen MR) is 106 cm³/mol. The van der Waals surface area contributed by atoms with Crippen LogP contribution >= 0.6 is 11.6 Å². The highest BCUT2D eigenvalue weighted by atomic mass is 35.5. The summed E-state index contributed by atoms with van der Waals surface area (Å²) < 4.78 is 32.2. The van der Waals surface area contributed by atoms with Crippen molar-refractivity contribution in [3.63, 3.8) is 0 Å². The minimum atomic E-state index is -3.56. The maximum Gasteiger partial charge on any atom is 0.240 e. The molecule has 0 unspecified atom stereocenters. The monoisotopic (exact) mass is 410 g/mol. The Labute approximate surface area is 164 Å². The van der Waals surface area contributed by atoms with Crippen molar-refractivity contribution in [1.29, 1.82) is 0 Å². The molecule has 0 spiro atoms. The van der Waals surface area contributed by atoms with Crippen LogP contribution in [0.3, 0.4) is 0 Å². The summed E-state index contributed by atoms with van der Waals surface area (Å²) in [5, 5.41) is 3.21. The minimum absolute atomic E-state index is 0.123. The van der Waals surface area contributed by atoms with Gasteiger partial charge >= 0.3 is 0 Å². The number of benzene rings is 2. The van der Waals surface area contributed by atoms with E-state index in [0.29, 0.717) is 23.8 Å². The van der Waals surface area contributed by atoms with E-state index in [0.717, 1.165) is 5.56 Å². The second kappa shape index (κ2) is 10.3. The van der Waals surface area contributed by atoms with E-state index in [1.54, 1.807) is 36.4 Å². The molecule has 0 bridgehead atoms. The molecule has 27 heavy (non-hydrogen) atoms. The first-order valence-electron chi connectivity index (χ1n) is 8.59. The lowest BCUT2D eigenvalue weighted by Gasteiger charge is -2.09. The highest BCUT2D eigenvalue weighted by Crippen LogP contribution is 2.23. The molecule has 0 atom stereocenters. The van der Waals surface area contributed by atoms with Crippen LogP contribution in [0.2, 0.25) is 5.02 Å². The number of aryl methyl sites for hydroxylation is 1. The summed E-state index contributed by atoms with van der Waals surface area (Å²) in [5.41, 5.74) is 0.986. The maximum absolute atomic E-state index is 12.1. The lowest BCUT2D eigenvalue weighted by atomic mass is 10.2. The van der Waals surface area contributed by atoms with E-state index in [1.807, 2.05) is 19.1 Å². The van der Waals surface area contributed by atoms with Gasteiger partial charge in [0.05, 0.1) is 16.5 Å². The Balaban J connectivity index is 1.62. The van der Waals surface area contributed by atoms with E-state index in [-0.39, 0.29) is 30.3 Å². The molecule has 146 valence electrons. The molecule has 8 heteroatoms. The predicted octanol–water partition coefficient (Wildman–Crippen LogP) is 2.90. The number of nitrogens with one attached hydrogen (secondary N) is 2. The molecule has 0 fully saturated rings. The number of ether oxygens (including phenoxy) is 1. The van der Waals surface area contributed by atoms with E-state index in [1.165, 1.54) is 0 Å². The quantitative estimate of drug-likeness (QED) is 0.590. The molecule has 6 nitrogen and oxygen atoms in total. The summed E-state index contributed by atoms with van der Waals surface area (Å²) >= 11 is 5.98. The third-order valence-corrected chi connectivity index (χ3v) is 5.50. The SMILES string of the molecule is Cc1ccc(S(=O)(=O)NCCNC(=O)CCCOc2ccccc2Cl)cc1. The van der Waals surface area contributed by atoms with Crippen LogP contribution in [0, 0.1) is 6.92 Å². The van der Waals surface area contributed by atoms with Gasteiger partial charge in [-0.25, -0.2) is 13.1 Å². The van der Waals surface area contributed by atoms with Crippen molar-refractivity contribution in [3.8, 4) is 5.75 Å². The summed E-state index contributed by atoms with van der Waals surface area (Å²) in [4.78, 5) is 12.0. The Morgan fingerprint density at radius 2 is 1.78 bits per heavy atom. The molecule has 1 amide bonds. The van der Waals surface area contributed by atoms with Gasteiger partial charge in [0, 0.05) is 19.5 Å². The van der Waals surface area contributed by atoms with Gasteiger partial charge < -0.3 is 10.1 Å². The number of hydrogen-bond acceptors (Lipinski definition) is 4. The molecule has 0 aliphatic heterocycles. The van der Waals surface area contributed by atoms with Gasteiger partial charge in [-0.15, -0.1) is 0 Å². The molecule has 2 rings (SSSR count). The van der Waals surface area contributed by atoms with Crippen LogP contribution in [-0.4, -0.2) is 34.0 Å². The zero-order chi connectivity index (χ0) is 19.7. The molecule has 0 heterocycles. The fourth-order valence-electron chi connectivity index (χ4n) is 2.25. The van der Waals surface area contributed by atoms with Gasteiger partial charge in [0.1, 0.15) is 5.75 Å². The van der Waals surface area contributed by atoms with Crippen molar-refractivity contribution < 1.29 is 17.9 Å². The summed E-state index contributed by atoms with van der Waals surface area (Å²) in [5.74, 6) is 0.428. The van der Waals surface area contributed by atoms with Crippen LogP contribution in [0.5, 0.6) is 5.75 Å². The van der Waals surface area contributed by atoms with Crippen LogP contribution in [0.1, 0.15) is 18.4 Å². The van der Waals surface area contributed by atoms with Crippen molar-refractivity contribution in [2.75, 3.05) is 19.7 Å². The number of para-hydroxylation sites is 1. The Kier molecular flexibility index (Phi) is 8.09. The average Bonchev–Trinajstić information content (AvgIpc) is 2.64. The lowest BCUT2D eigenvalue weighted by molar-refractivity contribution is -0.121. The molecule has 2 aromatic carbocycles. The van der Waals surface area contributed by atoms with Crippen LogP contribution in [-0.2, 0) is 14.8 Å². The first-order valence-corrected chi connectivity index (χ1v) is 10.4. The van der Waals surface area contributed by atoms with E-state index in [4.69, 9.17) is 16.3 Å². The largest absolute Gasteiger partial charge is 0.492 e. The Bertz CT molecular complexity index is 854. The second-order valence-electron chi connectivity index (χ2n) is 5.94. The number of rotatable bonds is 10. The first-order chi connectivity index (χ1) is 12.9. The number of halogens is 1. The van der Waals surface area contributed by atoms with Crippen LogP contribution < -0.4 is 14.8 Å². The molecule has 2 N–H and O–H groups in total. The van der Waals surface area contributed by atoms with Gasteiger partial charge in [0.15, 0.2) is 0 Å². The average molecular weight is 411 g/mol. The Morgan fingerprint density at radius 1 is 1.07 bits per heavy atom. The number of carbonyl (C=O) groups is 1. The lowest BCUT2D eigenvalue weighted by Crippen LogP contribution is -2.34. The molecule has 0 aliphatic carbocycles. The van der Waals surface area contributed by atoms with Crippen molar-refractivity contribution >= 4 is 27.5 Å². The molecule has 0 saturated carbocycles. The van der Waals surface area contributed by atoms with Crippen LogP contribution in [0.4, 0.5) is 0 Å². The van der Waals surface area contributed by atoms with Crippen LogP contribution in [0.25, 0.3) is 0 Å². The van der Waals surface area contributed by atoms with Gasteiger partial charge in [-0.1, -0.05) is 41.4 Å². The zero-order valence-corrected chi connectivity index (χ0v) is 16.6. The maximum atomic E-state index is 12.1. The van der Waals surface area contributed by atoms with Gasteiger partial charge in [-0.3, -0.25) is 4.79 Å². The minimum Gasteiger partial charge on any atom is -0.492 e. The Hall–Kier alpha value is -2.09. The molecular weight excluding hydrogens is 388 g/mol. The molecule has 0 radical (unpaired) electrons. The summed E-state index contributed by atoms with van der Waals surface area (Å²) in [6, 6.07) is 13.7. The second-order valence-corrected chi connectivity index (χ2v) is 8.12. The smallest absolute Gasteiger partial charge is 0.240 e. The zero-order valence-electron chi connectivity index (χ0n) is 15.1. The van der Waals surface area contributed by atoms with Gasteiger partial charge in [-0.05, 0) is 37.6 Å². The normalized spacial score (nSPS) is 11.2. The first kappa shape index (κ1) is 21.2. The van der Waals surface area contributed by atoms with Crippen molar-refractivity contribution in [2.24, 2.45) is 0 Å². The van der Waals surface area contributed by atoms with E-state index >= 15 is 0 Å². The topological polar surface area (TPSA) is 84.5 Å². The van der Waals surface area contributed by atoms with E-state index in [2.05, 4.69) is 10.0 Å². The van der Waals surface area contributed by atoms with Crippen molar-refractivity contribution in [3.05, 3.63) is 59.1 Å². The van der Waals surface area contributed by atoms with Gasteiger partial charge in [0.2, 0.25) is 15.9 Å². The Morgan fingerprint density at radius 3 is 2.48 bits per heavy atom. The molecule has 2 aromatic rings. The van der Waals surface area contributed by atoms with E-state index in [9.17, 15) is 13.2 Å². The van der Waals surface area contributed by atoms with Crippen molar-refractivity contribution in [2.45, 2.75) is 24.7 Å². The summed E-state index contributed by atoms with van der Waals surface area (Å²) in [7, 11) is -3.56. The number of sulfonamides is 1. The van der Waals surface area contributed by atoms with E-state index < -0.39 is 10.0 Å². The molecule has 0 saturated heterocycles. The molecule has 0 aromatic heterocycles. The van der Waals surface area contributed by atoms with Gasteiger partial charge in [-0.2, -0.15) is 0 Å². The number of amides is 1. The van der Waals surface area contributed by atoms with Crippen molar-refractivity contribution in [1.82, 2.24) is 10.0 Å². The number of carbonyl (C=O) groups excluding carboxylic acids is 1. The third kappa shape index (κ3) is 7.21. The highest BCUT2D eigenvalue weighted by Gasteiger charge is 2.12. The number of hydrogen-bond donors (Lipinski definition) is 2.